The Morgan fingerprint density at radius 1 is 1.18 bits per heavy atom. The summed E-state index contributed by atoms with van der Waals surface area (Å²) in [5.74, 6) is 0. The van der Waals surface area contributed by atoms with Crippen molar-refractivity contribution in [1.82, 2.24) is 0 Å². The van der Waals surface area contributed by atoms with E-state index in [0.717, 1.165) is 11.1 Å². The van der Waals surface area contributed by atoms with Gasteiger partial charge in [-0.3, -0.25) is 4.79 Å². The number of nitrogen functional groups attached to an aromatic ring is 1. The van der Waals surface area contributed by atoms with Crippen LogP contribution in [0.2, 0.25) is 0 Å². The monoisotopic (exact) mass is 149 g/mol. The van der Waals surface area contributed by atoms with Crippen molar-refractivity contribution >= 4 is 5.69 Å². The average Bonchev–Trinajstić information content (AvgIpc) is 2.05. The van der Waals surface area contributed by atoms with Gasteiger partial charge >= 0.3 is 0 Å². The van der Waals surface area contributed by atoms with Gasteiger partial charge in [0.05, 0.1) is 0 Å². The number of aryl methyl sites for hydroxylation is 2. The first kappa shape index (κ1) is 7.79. The lowest BCUT2D eigenvalue weighted by molar-refractivity contribution is 1.43. The van der Waals surface area contributed by atoms with Gasteiger partial charge < -0.3 is 5.73 Å². The minimum absolute atomic E-state index is 0.00213. The average molecular weight is 149 g/mol. The van der Waals surface area contributed by atoms with Gasteiger partial charge in [-0.15, -0.1) is 0 Å². The molecule has 0 amide bonds. The maximum atomic E-state index is 10.9. The molecule has 2 heteroatoms. The highest BCUT2D eigenvalue weighted by Gasteiger charge is 1.94. The lowest BCUT2D eigenvalue weighted by Crippen LogP contribution is -1.92. The lowest BCUT2D eigenvalue weighted by atomic mass is 10.2. The topological polar surface area (TPSA) is 43.1 Å². The Morgan fingerprint density at radius 2 is 1.82 bits per heavy atom. The van der Waals surface area contributed by atoms with Crippen molar-refractivity contribution in [3.8, 4) is 0 Å². The van der Waals surface area contributed by atoms with Crippen molar-refractivity contribution < 1.29 is 0 Å². The first-order valence-corrected chi connectivity index (χ1v) is 3.48. The molecule has 1 aromatic carbocycles. The molecule has 0 bridgehead atoms. The van der Waals surface area contributed by atoms with E-state index < -0.39 is 0 Å². The fourth-order valence-corrected chi connectivity index (χ4v) is 0.947. The highest BCUT2D eigenvalue weighted by molar-refractivity contribution is 5.50. The summed E-state index contributed by atoms with van der Waals surface area (Å²) in [5.41, 5.74) is 8.19. The molecule has 0 aromatic heterocycles. The zero-order valence-electron chi connectivity index (χ0n) is 6.72. The van der Waals surface area contributed by atoms with Crippen molar-refractivity contribution in [3.63, 3.8) is 0 Å². The normalized spacial score (nSPS) is 9.64. The number of hydrogen-bond donors (Lipinski definition) is 1. The molecule has 1 aromatic rings. The Labute approximate surface area is 65.7 Å². The summed E-state index contributed by atoms with van der Waals surface area (Å²) < 4.78 is 0. The van der Waals surface area contributed by atoms with Crippen LogP contribution in [0, 0.1) is 13.8 Å². The third-order valence-electron chi connectivity index (χ3n) is 1.71. The summed E-state index contributed by atoms with van der Waals surface area (Å²) >= 11 is 0. The van der Waals surface area contributed by atoms with Crippen LogP contribution in [0.5, 0.6) is 0 Å². The molecule has 0 radical (unpaired) electrons. The molecule has 0 heterocycles. The zero-order valence-corrected chi connectivity index (χ0v) is 6.72. The van der Waals surface area contributed by atoms with Crippen LogP contribution < -0.4 is 11.2 Å². The van der Waals surface area contributed by atoms with E-state index in [1.165, 1.54) is 6.07 Å². The fraction of sp³-hybridized carbons (Fsp3) is 0.222. The predicted octanol–water partition coefficient (Wildman–Crippen LogP) is 1.25. The minimum Gasteiger partial charge on any atom is -0.398 e. The zero-order chi connectivity index (χ0) is 8.43. The predicted molar refractivity (Wildman–Crippen MR) is 46.6 cm³/mol. The van der Waals surface area contributed by atoms with E-state index in [-0.39, 0.29) is 5.43 Å². The van der Waals surface area contributed by atoms with Crippen molar-refractivity contribution in [1.29, 1.82) is 0 Å². The third-order valence-corrected chi connectivity index (χ3v) is 1.71. The summed E-state index contributed by atoms with van der Waals surface area (Å²) in [6.45, 7) is 3.73. The highest BCUT2D eigenvalue weighted by Crippen LogP contribution is 2.10. The van der Waals surface area contributed by atoms with Gasteiger partial charge in [-0.1, -0.05) is 6.07 Å². The molecule has 58 valence electrons. The molecule has 0 saturated heterocycles. The molecule has 0 atom stereocenters. The SMILES string of the molecule is Cc1ccc(=O)cc(C)c1N. The molecule has 0 unspecified atom stereocenters. The van der Waals surface area contributed by atoms with Gasteiger partial charge in [-0.2, -0.15) is 0 Å². The second kappa shape index (κ2) is 2.74. The van der Waals surface area contributed by atoms with E-state index in [1.54, 1.807) is 12.1 Å². The second-order valence-corrected chi connectivity index (χ2v) is 2.66. The first-order valence-electron chi connectivity index (χ1n) is 3.48. The molecule has 2 N–H and O–H groups in total. The molecule has 0 aliphatic carbocycles. The van der Waals surface area contributed by atoms with Gasteiger partial charge in [0.15, 0.2) is 5.43 Å². The van der Waals surface area contributed by atoms with Crippen molar-refractivity contribution in [2.24, 2.45) is 0 Å². The molecular weight excluding hydrogens is 138 g/mol. The maximum Gasteiger partial charge on any atom is 0.178 e. The number of nitrogens with two attached hydrogens (primary N) is 1. The van der Waals surface area contributed by atoms with Gasteiger partial charge in [0.1, 0.15) is 0 Å². The summed E-state index contributed by atoms with van der Waals surface area (Å²) in [4.78, 5) is 10.9. The fourth-order valence-electron chi connectivity index (χ4n) is 0.947. The van der Waals surface area contributed by atoms with E-state index in [9.17, 15) is 4.79 Å². The lowest BCUT2D eigenvalue weighted by Gasteiger charge is -1.95. The largest absolute Gasteiger partial charge is 0.398 e. The Kier molecular flexibility index (Phi) is 1.94. The van der Waals surface area contributed by atoms with Crippen molar-refractivity contribution in [2.75, 3.05) is 5.73 Å². The number of anilines is 1. The summed E-state index contributed by atoms with van der Waals surface area (Å²) in [7, 11) is 0. The van der Waals surface area contributed by atoms with Crippen LogP contribution in [0.4, 0.5) is 5.69 Å². The molecule has 11 heavy (non-hydrogen) atoms. The Balaban J connectivity index is 3.56. The third kappa shape index (κ3) is 1.58. The standard InChI is InChI=1S/C9H11NO/c1-6-3-4-8(11)5-7(2)9(6)10/h3-5H,10H2,1-2H3. The quantitative estimate of drug-likeness (QED) is 0.603. The van der Waals surface area contributed by atoms with E-state index in [2.05, 4.69) is 0 Å². The molecular formula is C9H11NO. The van der Waals surface area contributed by atoms with Crippen LogP contribution in [0.1, 0.15) is 11.1 Å². The number of hydrogen-bond acceptors (Lipinski definition) is 2. The Bertz CT molecular complexity index is 331. The summed E-state index contributed by atoms with van der Waals surface area (Å²) in [6.07, 6.45) is 0. The van der Waals surface area contributed by atoms with Crippen LogP contribution in [0.15, 0.2) is 23.0 Å². The molecule has 0 spiro atoms. The van der Waals surface area contributed by atoms with Crippen LogP contribution >= 0.6 is 0 Å². The van der Waals surface area contributed by atoms with Crippen LogP contribution in [0.3, 0.4) is 0 Å². The van der Waals surface area contributed by atoms with Crippen molar-refractivity contribution in [3.05, 3.63) is 39.5 Å². The first-order chi connectivity index (χ1) is 5.11. The van der Waals surface area contributed by atoms with Crippen molar-refractivity contribution in [2.45, 2.75) is 13.8 Å². The molecule has 0 aliphatic heterocycles. The second-order valence-electron chi connectivity index (χ2n) is 2.66. The van der Waals surface area contributed by atoms with Gasteiger partial charge in [0, 0.05) is 5.69 Å². The van der Waals surface area contributed by atoms with Crippen LogP contribution in [0.25, 0.3) is 0 Å². The van der Waals surface area contributed by atoms with E-state index >= 15 is 0 Å². The molecule has 0 saturated carbocycles. The van der Waals surface area contributed by atoms with Crippen LogP contribution in [-0.2, 0) is 0 Å². The molecule has 0 fully saturated rings. The molecule has 1 rings (SSSR count). The van der Waals surface area contributed by atoms with Gasteiger partial charge in [0.25, 0.3) is 0 Å². The summed E-state index contributed by atoms with van der Waals surface area (Å²) in [5, 5.41) is 0. The molecule has 2 nitrogen and oxygen atoms in total. The van der Waals surface area contributed by atoms with E-state index in [0.29, 0.717) is 5.69 Å². The van der Waals surface area contributed by atoms with E-state index in [4.69, 9.17) is 5.73 Å². The summed E-state index contributed by atoms with van der Waals surface area (Å²) in [6, 6.07) is 4.81. The Hall–Kier alpha value is -1.31. The number of rotatable bonds is 0. The van der Waals surface area contributed by atoms with Gasteiger partial charge in [-0.25, -0.2) is 0 Å². The Morgan fingerprint density at radius 3 is 2.45 bits per heavy atom. The highest BCUT2D eigenvalue weighted by atomic mass is 16.1. The minimum atomic E-state index is 0.00213. The van der Waals surface area contributed by atoms with Crippen LogP contribution in [-0.4, -0.2) is 0 Å². The molecule has 0 aliphatic rings. The van der Waals surface area contributed by atoms with Gasteiger partial charge in [0.2, 0.25) is 0 Å². The van der Waals surface area contributed by atoms with E-state index in [1.807, 2.05) is 13.8 Å². The van der Waals surface area contributed by atoms with Gasteiger partial charge in [-0.05, 0) is 37.1 Å². The smallest absolute Gasteiger partial charge is 0.178 e. The maximum absolute atomic E-state index is 10.9.